The predicted octanol–water partition coefficient (Wildman–Crippen LogP) is 3.92. The topological polar surface area (TPSA) is 80.9 Å². The van der Waals surface area contributed by atoms with Crippen LogP contribution in [0.2, 0.25) is 0 Å². The maximum Gasteiger partial charge on any atom is 0.228 e. The minimum absolute atomic E-state index is 0.00687. The molecular formula is C20H19FN4O. The van der Waals surface area contributed by atoms with Gasteiger partial charge < -0.3 is 11.1 Å². The highest BCUT2D eigenvalue weighted by atomic mass is 19.1. The smallest absolute Gasteiger partial charge is 0.228 e. The van der Waals surface area contributed by atoms with Crippen LogP contribution in [-0.2, 0) is 4.79 Å². The fourth-order valence-corrected chi connectivity index (χ4v) is 3.16. The zero-order valence-electron chi connectivity index (χ0n) is 14.6. The zero-order valence-corrected chi connectivity index (χ0v) is 14.6. The van der Waals surface area contributed by atoms with Gasteiger partial charge in [0.2, 0.25) is 5.91 Å². The fourth-order valence-electron chi connectivity index (χ4n) is 3.16. The number of hydrogen-bond donors (Lipinski definition) is 2. The SMILES string of the molecule is Cc1ccc(F)cc1-c1cc2cc(NC(=O)[C@H]3C[C@@H]3C)ncc2c(N)n1. The second kappa shape index (κ2) is 6.05. The Labute approximate surface area is 150 Å². The van der Waals surface area contributed by atoms with E-state index < -0.39 is 0 Å². The second-order valence-corrected chi connectivity index (χ2v) is 6.95. The minimum atomic E-state index is -0.327. The first kappa shape index (κ1) is 16.4. The van der Waals surface area contributed by atoms with Crippen molar-refractivity contribution in [1.29, 1.82) is 0 Å². The van der Waals surface area contributed by atoms with Crippen molar-refractivity contribution in [1.82, 2.24) is 9.97 Å². The molecule has 1 aliphatic carbocycles. The highest BCUT2D eigenvalue weighted by molar-refractivity contribution is 5.98. The lowest BCUT2D eigenvalue weighted by atomic mass is 10.0. The van der Waals surface area contributed by atoms with Crippen molar-refractivity contribution in [3.8, 4) is 11.3 Å². The van der Waals surface area contributed by atoms with Crippen LogP contribution in [0.5, 0.6) is 0 Å². The van der Waals surface area contributed by atoms with Crippen LogP contribution in [-0.4, -0.2) is 15.9 Å². The van der Waals surface area contributed by atoms with Crippen molar-refractivity contribution in [3.05, 3.63) is 47.9 Å². The number of aryl methyl sites for hydroxylation is 1. The van der Waals surface area contributed by atoms with Crippen molar-refractivity contribution >= 4 is 28.3 Å². The average molecular weight is 350 g/mol. The van der Waals surface area contributed by atoms with E-state index in [9.17, 15) is 9.18 Å². The van der Waals surface area contributed by atoms with Gasteiger partial charge in [-0.25, -0.2) is 14.4 Å². The summed E-state index contributed by atoms with van der Waals surface area (Å²) in [6.07, 6.45) is 2.52. The molecule has 1 aliphatic rings. The van der Waals surface area contributed by atoms with Gasteiger partial charge >= 0.3 is 0 Å². The Bertz CT molecular complexity index is 1030. The van der Waals surface area contributed by atoms with Gasteiger partial charge in [-0.1, -0.05) is 13.0 Å². The van der Waals surface area contributed by atoms with E-state index in [0.29, 0.717) is 34.2 Å². The first-order valence-corrected chi connectivity index (χ1v) is 8.56. The molecule has 0 spiro atoms. The number of pyridine rings is 2. The summed E-state index contributed by atoms with van der Waals surface area (Å²) >= 11 is 0. The van der Waals surface area contributed by atoms with Crippen LogP contribution in [0.25, 0.3) is 22.0 Å². The van der Waals surface area contributed by atoms with E-state index in [1.165, 1.54) is 12.1 Å². The summed E-state index contributed by atoms with van der Waals surface area (Å²) in [6, 6.07) is 8.18. The van der Waals surface area contributed by atoms with E-state index in [4.69, 9.17) is 5.73 Å². The molecule has 0 radical (unpaired) electrons. The van der Waals surface area contributed by atoms with Gasteiger partial charge in [0.05, 0.1) is 5.69 Å². The highest BCUT2D eigenvalue weighted by Gasteiger charge is 2.39. The molecule has 0 unspecified atom stereocenters. The highest BCUT2D eigenvalue weighted by Crippen LogP contribution is 2.38. The number of nitrogens with one attached hydrogen (secondary N) is 1. The summed E-state index contributed by atoms with van der Waals surface area (Å²) in [5.41, 5.74) is 8.26. The number of benzene rings is 1. The predicted molar refractivity (Wildman–Crippen MR) is 100.0 cm³/mol. The number of carbonyl (C=O) groups is 1. The third-order valence-electron chi connectivity index (χ3n) is 4.92. The number of carbonyl (C=O) groups excluding carboxylic acids is 1. The van der Waals surface area contributed by atoms with E-state index in [2.05, 4.69) is 22.2 Å². The quantitative estimate of drug-likeness (QED) is 0.750. The van der Waals surface area contributed by atoms with Crippen LogP contribution in [0.15, 0.2) is 36.5 Å². The molecule has 0 saturated heterocycles. The molecule has 4 rings (SSSR count). The monoisotopic (exact) mass is 350 g/mol. The van der Waals surface area contributed by atoms with Crippen molar-refractivity contribution in [2.45, 2.75) is 20.3 Å². The van der Waals surface area contributed by atoms with Crippen molar-refractivity contribution in [2.24, 2.45) is 11.8 Å². The molecule has 2 heterocycles. The molecule has 0 aliphatic heterocycles. The van der Waals surface area contributed by atoms with Crippen LogP contribution >= 0.6 is 0 Å². The van der Waals surface area contributed by atoms with E-state index >= 15 is 0 Å². The lowest BCUT2D eigenvalue weighted by Crippen LogP contribution is -2.15. The number of halogens is 1. The molecule has 1 fully saturated rings. The molecule has 1 amide bonds. The van der Waals surface area contributed by atoms with Crippen LogP contribution in [0, 0.1) is 24.6 Å². The summed E-state index contributed by atoms with van der Waals surface area (Å²) in [5.74, 6) is 0.967. The summed E-state index contributed by atoms with van der Waals surface area (Å²) in [4.78, 5) is 20.8. The van der Waals surface area contributed by atoms with Gasteiger partial charge in [0.1, 0.15) is 17.5 Å². The Balaban J connectivity index is 1.74. The summed E-state index contributed by atoms with van der Waals surface area (Å²) in [6.45, 7) is 3.95. The molecule has 26 heavy (non-hydrogen) atoms. The van der Waals surface area contributed by atoms with Crippen molar-refractivity contribution in [2.75, 3.05) is 11.1 Å². The summed E-state index contributed by atoms with van der Waals surface area (Å²) in [5, 5.41) is 4.35. The lowest BCUT2D eigenvalue weighted by Gasteiger charge is -2.10. The standard InChI is InChI=1S/C20H19FN4O/c1-10-3-4-13(21)8-14(10)17-6-12-7-18(23-9-16(12)19(22)24-17)25-20(26)15-5-11(15)2/h3-4,6-9,11,15H,5H2,1-2H3,(H2,22,24)(H,23,25,26)/t11-,15-/m0/s1. The maximum atomic E-state index is 13.7. The van der Waals surface area contributed by atoms with Gasteiger partial charge in [-0.3, -0.25) is 4.79 Å². The Morgan fingerprint density at radius 3 is 2.81 bits per heavy atom. The molecule has 6 heteroatoms. The van der Waals surface area contributed by atoms with Crippen LogP contribution < -0.4 is 11.1 Å². The first-order valence-electron chi connectivity index (χ1n) is 8.56. The van der Waals surface area contributed by atoms with Crippen LogP contribution in [0.4, 0.5) is 16.0 Å². The third kappa shape index (κ3) is 2.98. The molecule has 2 atom stereocenters. The van der Waals surface area contributed by atoms with Crippen molar-refractivity contribution < 1.29 is 9.18 Å². The number of rotatable bonds is 3. The number of hydrogen-bond acceptors (Lipinski definition) is 4. The van der Waals surface area contributed by atoms with Crippen LogP contribution in [0.3, 0.4) is 0 Å². The van der Waals surface area contributed by atoms with E-state index in [-0.39, 0.29) is 17.6 Å². The minimum Gasteiger partial charge on any atom is -0.383 e. The van der Waals surface area contributed by atoms with Gasteiger partial charge in [0, 0.05) is 23.1 Å². The molecule has 2 aromatic heterocycles. The second-order valence-electron chi connectivity index (χ2n) is 6.95. The normalized spacial score (nSPS) is 18.7. The van der Waals surface area contributed by atoms with Crippen molar-refractivity contribution in [3.63, 3.8) is 0 Å². The van der Waals surface area contributed by atoms with Gasteiger partial charge in [0.25, 0.3) is 0 Å². The van der Waals surface area contributed by atoms with Gasteiger partial charge in [0.15, 0.2) is 0 Å². The number of nitrogen functional groups attached to an aromatic ring is 1. The van der Waals surface area contributed by atoms with E-state index in [0.717, 1.165) is 17.4 Å². The molecule has 5 nitrogen and oxygen atoms in total. The number of nitrogens with two attached hydrogens (primary N) is 1. The van der Waals surface area contributed by atoms with Crippen LogP contribution in [0.1, 0.15) is 18.9 Å². The Morgan fingerprint density at radius 1 is 1.31 bits per heavy atom. The lowest BCUT2D eigenvalue weighted by molar-refractivity contribution is -0.117. The molecule has 1 aromatic carbocycles. The van der Waals surface area contributed by atoms with E-state index in [1.54, 1.807) is 18.3 Å². The molecule has 3 aromatic rings. The third-order valence-corrected chi connectivity index (χ3v) is 4.92. The Hall–Kier alpha value is -3.02. The number of amides is 1. The van der Waals surface area contributed by atoms with E-state index in [1.807, 2.05) is 13.0 Å². The number of aromatic nitrogens is 2. The Morgan fingerprint density at radius 2 is 2.08 bits per heavy atom. The average Bonchev–Trinajstić information content (AvgIpc) is 3.33. The molecule has 132 valence electrons. The molecular weight excluding hydrogens is 331 g/mol. The van der Waals surface area contributed by atoms with Gasteiger partial charge in [-0.2, -0.15) is 0 Å². The molecule has 3 N–H and O–H groups in total. The Kier molecular flexibility index (Phi) is 3.83. The number of anilines is 2. The number of fused-ring (bicyclic) bond motifs is 1. The zero-order chi connectivity index (χ0) is 18.4. The molecule has 1 saturated carbocycles. The fraction of sp³-hybridized carbons (Fsp3) is 0.250. The first-order chi connectivity index (χ1) is 12.4. The number of nitrogens with zero attached hydrogens (tertiary/aromatic N) is 2. The maximum absolute atomic E-state index is 13.7. The largest absolute Gasteiger partial charge is 0.383 e. The van der Waals surface area contributed by atoms with Gasteiger partial charge in [-0.05, 0) is 54.5 Å². The summed E-state index contributed by atoms with van der Waals surface area (Å²) in [7, 11) is 0. The summed E-state index contributed by atoms with van der Waals surface area (Å²) < 4.78 is 13.7. The molecule has 0 bridgehead atoms. The van der Waals surface area contributed by atoms with Gasteiger partial charge in [-0.15, -0.1) is 0 Å².